The van der Waals surface area contributed by atoms with Crippen LogP contribution in [0.3, 0.4) is 0 Å². The number of para-hydroxylation sites is 1. The predicted octanol–water partition coefficient (Wildman–Crippen LogP) is 4.44. The van der Waals surface area contributed by atoms with Crippen LogP contribution >= 0.6 is 11.6 Å². The molecule has 1 aliphatic heterocycles. The maximum atomic E-state index is 13.4. The van der Waals surface area contributed by atoms with Crippen molar-refractivity contribution in [2.24, 2.45) is 0 Å². The average Bonchev–Trinajstić information content (AvgIpc) is 3.10. The van der Waals surface area contributed by atoms with Gasteiger partial charge in [0.2, 0.25) is 5.91 Å². The third-order valence-corrected chi connectivity index (χ3v) is 6.43. The lowest BCUT2D eigenvalue weighted by molar-refractivity contribution is -0.129. The first kappa shape index (κ1) is 24.2. The van der Waals surface area contributed by atoms with Gasteiger partial charge in [0, 0.05) is 16.3 Å². The van der Waals surface area contributed by atoms with E-state index in [2.05, 4.69) is 10.6 Å². The Bertz CT molecular complexity index is 1300. The second kappa shape index (κ2) is 9.72. The van der Waals surface area contributed by atoms with Crippen LogP contribution in [0.2, 0.25) is 5.02 Å². The molecule has 35 heavy (non-hydrogen) atoms. The van der Waals surface area contributed by atoms with Crippen LogP contribution in [0.4, 0.5) is 5.69 Å². The highest BCUT2D eigenvalue weighted by Gasteiger charge is 2.41. The summed E-state index contributed by atoms with van der Waals surface area (Å²) in [6.45, 7) is 5.19. The van der Waals surface area contributed by atoms with Crippen molar-refractivity contribution in [2.45, 2.75) is 32.9 Å². The Hall–Kier alpha value is -3.97. The fourth-order valence-corrected chi connectivity index (χ4v) is 4.39. The van der Waals surface area contributed by atoms with E-state index in [1.165, 1.54) is 6.92 Å². The molecule has 2 atom stereocenters. The quantitative estimate of drug-likeness (QED) is 0.500. The average molecular weight is 490 g/mol. The first-order valence-corrected chi connectivity index (χ1v) is 11.5. The molecule has 0 bridgehead atoms. The molecule has 0 unspecified atom stereocenters. The van der Waals surface area contributed by atoms with Gasteiger partial charge in [-0.15, -0.1) is 0 Å². The predicted molar refractivity (Wildman–Crippen MR) is 133 cm³/mol. The SMILES string of the molecule is Cc1cccc(C)c1NC(=O)[C@@H](NC(=O)[C@H](C)N1C(=O)c2ccccc2C1=O)c1ccccc1Cl. The Balaban J connectivity index is 1.62. The van der Waals surface area contributed by atoms with E-state index in [4.69, 9.17) is 11.6 Å². The van der Waals surface area contributed by atoms with E-state index in [-0.39, 0.29) is 11.1 Å². The summed E-state index contributed by atoms with van der Waals surface area (Å²) in [5.74, 6) is -2.27. The van der Waals surface area contributed by atoms with Gasteiger partial charge < -0.3 is 10.6 Å². The molecule has 3 aromatic carbocycles. The second-order valence-corrected chi connectivity index (χ2v) is 8.83. The molecule has 3 aromatic rings. The first-order valence-electron chi connectivity index (χ1n) is 11.1. The largest absolute Gasteiger partial charge is 0.339 e. The van der Waals surface area contributed by atoms with Gasteiger partial charge in [0.05, 0.1) is 11.1 Å². The van der Waals surface area contributed by atoms with Crippen molar-refractivity contribution in [1.82, 2.24) is 10.2 Å². The van der Waals surface area contributed by atoms with E-state index in [1.54, 1.807) is 48.5 Å². The summed E-state index contributed by atoms with van der Waals surface area (Å²) in [5.41, 5.74) is 3.24. The molecule has 0 aromatic heterocycles. The monoisotopic (exact) mass is 489 g/mol. The maximum Gasteiger partial charge on any atom is 0.262 e. The van der Waals surface area contributed by atoms with Crippen molar-refractivity contribution < 1.29 is 19.2 Å². The number of hydrogen-bond donors (Lipinski definition) is 2. The lowest BCUT2D eigenvalue weighted by atomic mass is 10.0. The summed E-state index contributed by atoms with van der Waals surface area (Å²) >= 11 is 6.38. The summed E-state index contributed by atoms with van der Waals surface area (Å²) in [4.78, 5) is 53.3. The molecule has 0 radical (unpaired) electrons. The number of carbonyl (C=O) groups is 4. The van der Waals surface area contributed by atoms with Gasteiger partial charge in [-0.05, 0) is 50.1 Å². The van der Waals surface area contributed by atoms with Gasteiger partial charge in [-0.2, -0.15) is 0 Å². The molecule has 8 heteroatoms. The minimum atomic E-state index is -1.16. The summed E-state index contributed by atoms with van der Waals surface area (Å²) in [5, 5.41) is 5.88. The molecule has 2 N–H and O–H groups in total. The lowest BCUT2D eigenvalue weighted by Crippen LogP contribution is -2.50. The normalized spacial score (nSPS) is 14.3. The minimum Gasteiger partial charge on any atom is -0.339 e. The van der Waals surface area contributed by atoms with Crippen LogP contribution in [-0.4, -0.2) is 34.6 Å². The van der Waals surface area contributed by atoms with Crippen molar-refractivity contribution in [3.63, 3.8) is 0 Å². The summed E-state index contributed by atoms with van der Waals surface area (Å²) in [6, 6.07) is 16.4. The molecular weight excluding hydrogens is 466 g/mol. The molecular formula is C27H24ClN3O4. The van der Waals surface area contributed by atoms with Gasteiger partial charge in [0.15, 0.2) is 0 Å². The number of carbonyl (C=O) groups excluding carboxylic acids is 4. The number of amides is 4. The van der Waals surface area contributed by atoms with Gasteiger partial charge >= 0.3 is 0 Å². The van der Waals surface area contributed by atoms with Crippen molar-refractivity contribution in [2.75, 3.05) is 5.32 Å². The summed E-state index contributed by atoms with van der Waals surface area (Å²) in [6.07, 6.45) is 0. The fourth-order valence-electron chi connectivity index (χ4n) is 4.14. The van der Waals surface area contributed by atoms with Crippen LogP contribution < -0.4 is 10.6 Å². The zero-order chi connectivity index (χ0) is 25.3. The third kappa shape index (κ3) is 4.55. The van der Waals surface area contributed by atoms with Gasteiger partial charge in [0.25, 0.3) is 17.7 Å². The number of hydrogen-bond acceptors (Lipinski definition) is 4. The third-order valence-electron chi connectivity index (χ3n) is 6.09. The number of halogens is 1. The number of nitrogens with one attached hydrogen (secondary N) is 2. The molecule has 1 aliphatic rings. The van der Waals surface area contributed by atoms with E-state index in [0.29, 0.717) is 16.3 Å². The molecule has 1 heterocycles. The molecule has 7 nitrogen and oxygen atoms in total. The molecule has 0 spiro atoms. The van der Waals surface area contributed by atoms with E-state index in [9.17, 15) is 19.2 Å². The molecule has 0 saturated heterocycles. The summed E-state index contributed by atoms with van der Waals surface area (Å²) < 4.78 is 0. The molecule has 4 rings (SSSR count). The molecule has 178 valence electrons. The van der Waals surface area contributed by atoms with Gasteiger partial charge in [0.1, 0.15) is 12.1 Å². The van der Waals surface area contributed by atoms with E-state index in [1.807, 2.05) is 32.0 Å². The number of anilines is 1. The smallest absolute Gasteiger partial charge is 0.262 e. The van der Waals surface area contributed by atoms with Crippen LogP contribution in [-0.2, 0) is 9.59 Å². The van der Waals surface area contributed by atoms with E-state index >= 15 is 0 Å². The Morgan fingerprint density at radius 1 is 0.800 bits per heavy atom. The standard InChI is InChI=1S/C27H24ClN3O4/c1-15-9-8-10-16(2)22(15)29-25(33)23(20-13-6-7-14-21(20)28)30-24(32)17(3)31-26(34)18-11-4-5-12-19(18)27(31)35/h4-14,17,23H,1-3H3,(H,29,33)(H,30,32)/t17-,23-/m0/s1. The molecule has 0 fully saturated rings. The number of imide groups is 1. The van der Waals surface area contributed by atoms with Crippen LogP contribution in [0.5, 0.6) is 0 Å². The highest BCUT2D eigenvalue weighted by molar-refractivity contribution is 6.31. The topological polar surface area (TPSA) is 95.6 Å². The van der Waals surface area contributed by atoms with Crippen LogP contribution in [0.15, 0.2) is 66.7 Å². The number of nitrogens with zero attached hydrogens (tertiary/aromatic N) is 1. The first-order chi connectivity index (χ1) is 16.7. The molecule has 4 amide bonds. The maximum absolute atomic E-state index is 13.4. The van der Waals surface area contributed by atoms with E-state index in [0.717, 1.165) is 16.0 Å². The Kier molecular flexibility index (Phi) is 6.71. The number of benzene rings is 3. The van der Waals surface area contributed by atoms with Gasteiger partial charge in [-0.1, -0.05) is 60.1 Å². The lowest BCUT2D eigenvalue weighted by Gasteiger charge is -2.26. The van der Waals surface area contributed by atoms with Gasteiger partial charge in [-0.3, -0.25) is 24.1 Å². The van der Waals surface area contributed by atoms with Crippen molar-refractivity contribution in [1.29, 1.82) is 0 Å². The second-order valence-electron chi connectivity index (χ2n) is 8.42. The van der Waals surface area contributed by atoms with Gasteiger partial charge in [-0.25, -0.2) is 0 Å². The molecule has 0 saturated carbocycles. The number of aryl methyl sites for hydroxylation is 2. The Morgan fingerprint density at radius 3 is 1.91 bits per heavy atom. The fraction of sp³-hybridized carbons (Fsp3) is 0.185. The minimum absolute atomic E-state index is 0.243. The zero-order valence-electron chi connectivity index (χ0n) is 19.5. The van der Waals surface area contributed by atoms with Crippen molar-refractivity contribution in [3.05, 3.63) is 99.6 Å². The highest BCUT2D eigenvalue weighted by atomic mass is 35.5. The zero-order valence-corrected chi connectivity index (χ0v) is 20.2. The Labute approximate surface area is 208 Å². The van der Waals surface area contributed by atoms with Crippen LogP contribution in [0, 0.1) is 13.8 Å². The summed E-state index contributed by atoms with van der Waals surface area (Å²) in [7, 11) is 0. The van der Waals surface area contributed by atoms with Crippen LogP contribution in [0.25, 0.3) is 0 Å². The van der Waals surface area contributed by atoms with E-state index < -0.39 is 35.7 Å². The number of fused-ring (bicyclic) bond motifs is 1. The highest BCUT2D eigenvalue weighted by Crippen LogP contribution is 2.28. The number of rotatable bonds is 6. The Morgan fingerprint density at radius 2 is 1.34 bits per heavy atom. The van der Waals surface area contributed by atoms with Crippen molar-refractivity contribution >= 4 is 40.9 Å². The van der Waals surface area contributed by atoms with Crippen molar-refractivity contribution in [3.8, 4) is 0 Å². The molecule has 0 aliphatic carbocycles. The van der Waals surface area contributed by atoms with Crippen LogP contribution in [0.1, 0.15) is 50.4 Å².